The van der Waals surface area contributed by atoms with Gasteiger partial charge in [0, 0.05) is 0 Å². The SMILES string of the molecule is CCOC(=O)NC(=O)c1ccsc1NC(=O)c1ccccc1NS(=O)(=O)c1ccccc1. The number of para-hydroxylation sites is 1. The Balaban J connectivity index is 1.80. The molecule has 0 saturated heterocycles. The lowest BCUT2D eigenvalue weighted by atomic mass is 10.1. The summed E-state index contributed by atoms with van der Waals surface area (Å²) in [6.07, 6.45) is -0.901. The zero-order chi connectivity index (χ0) is 23.1. The Morgan fingerprint density at radius 3 is 2.31 bits per heavy atom. The molecule has 11 heteroatoms. The van der Waals surface area contributed by atoms with Crippen LogP contribution in [0, 0.1) is 0 Å². The molecule has 9 nitrogen and oxygen atoms in total. The fraction of sp³-hybridized carbons (Fsp3) is 0.0952. The molecule has 0 bridgehead atoms. The predicted molar refractivity (Wildman–Crippen MR) is 120 cm³/mol. The Morgan fingerprint density at radius 1 is 0.906 bits per heavy atom. The topological polar surface area (TPSA) is 131 Å². The largest absolute Gasteiger partial charge is 0.450 e. The van der Waals surface area contributed by atoms with Crippen LogP contribution in [0.4, 0.5) is 15.5 Å². The molecule has 166 valence electrons. The molecule has 0 spiro atoms. The molecule has 2 aromatic carbocycles. The fourth-order valence-electron chi connectivity index (χ4n) is 2.66. The van der Waals surface area contributed by atoms with Crippen LogP contribution in [-0.4, -0.2) is 32.9 Å². The van der Waals surface area contributed by atoms with E-state index in [4.69, 9.17) is 0 Å². The van der Waals surface area contributed by atoms with Gasteiger partial charge in [-0.25, -0.2) is 13.2 Å². The van der Waals surface area contributed by atoms with E-state index in [0.29, 0.717) is 0 Å². The van der Waals surface area contributed by atoms with Gasteiger partial charge in [-0.3, -0.25) is 19.6 Å². The molecular weight excluding hydrogens is 454 g/mol. The number of sulfonamides is 1. The number of imide groups is 1. The standard InChI is InChI=1S/C21H19N3O6S2/c1-2-30-21(27)23-19(26)16-12-13-31-20(16)22-18(25)15-10-6-7-11-17(15)24-32(28,29)14-8-4-3-5-9-14/h3-13,24H,2H2,1H3,(H,22,25)(H,23,26,27). The Bertz CT molecular complexity index is 1240. The van der Waals surface area contributed by atoms with Crippen LogP contribution in [0.2, 0.25) is 0 Å². The number of hydrogen-bond acceptors (Lipinski definition) is 7. The third kappa shape index (κ3) is 5.50. The zero-order valence-corrected chi connectivity index (χ0v) is 18.5. The summed E-state index contributed by atoms with van der Waals surface area (Å²) >= 11 is 1.07. The van der Waals surface area contributed by atoms with E-state index in [-0.39, 0.29) is 33.3 Å². The van der Waals surface area contributed by atoms with E-state index in [0.717, 1.165) is 11.3 Å². The monoisotopic (exact) mass is 473 g/mol. The molecule has 0 fully saturated rings. The first-order valence-electron chi connectivity index (χ1n) is 9.35. The van der Waals surface area contributed by atoms with E-state index < -0.39 is 27.9 Å². The van der Waals surface area contributed by atoms with Crippen LogP contribution < -0.4 is 15.4 Å². The van der Waals surface area contributed by atoms with Crippen LogP contribution in [0.3, 0.4) is 0 Å². The number of ether oxygens (including phenoxy) is 1. The number of carbonyl (C=O) groups is 3. The first-order chi connectivity index (χ1) is 15.3. The zero-order valence-electron chi connectivity index (χ0n) is 16.8. The summed E-state index contributed by atoms with van der Waals surface area (Å²) in [5.41, 5.74) is 0.193. The normalized spacial score (nSPS) is 10.8. The maximum absolute atomic E-state index is 12.9. The van der Waals surface area contributed by atoms with Gasteiger partial charge >= 0.3 is 6.09 Å². The van der Waals surface area contributed by atoms with E-state index in [9.17, 15) is 22.8 Å². The third-order valence-electron chi connectivity index (χ3n) is 4.10. The number of carbonyl (C=O) groups excluding carboxylic acids is 3. The third-order valence-corrected chi connectivity index (χ3v) is 6.31. The molecule has 3 amide bonds. The summed E-state index contributed by atoms with van der Waals surface area (Å²) in [7, 11) is -3.91. The van der Waals surface area contributed by atoms with Gasteiger partial charge < -0.3 is 10.1 Å². The van der Waals surface area contributed by atoms with Gasteiger partial charge in [-0.2, -0.15) is 0 Å². The lowest BCUT2D eigenvalue weighted by Gasteiger charge is -2.13. The highest BCUT2D eigenvalue weighted by Gasteiger charge is 2.21. The van der Waals surface area contributed by atoms with Crippen molar-refractivity contribution in [1.82, 2.24) is 5.32 Å². The van der Waals surface area contributed by atoms with E-state index in [1.54, 1.807) is 42.6 Å². The summed E-state index contributed by atoms with van der Waals surface area (Å²) in [4.78, 5) is 36.7. The molecule has 1 heterocycles. The average Bonchev–Trinajstić information content (AvgIpc) is 3.23. The Morgan fingerprint density at radius 2 is 1.59 bits per heavy atom. The minimum absolute atomic E-state index is 0.0476. The minimum atomic E-state index is -3.91. The summed E-state index contributed by atoms with van der Waals surface area (Å²) in [6.45, 7) is 1.70. The van der Waals surface area contributed by atoms with Crippen molar-refractivity contribution in [1.29, 1.82) is 0 Å². The van der Waals surface area contributed by atoms with Gasteiger partial charge in [0.1, 0.15) is 5.00 Å². The van der Waals surface area contributed by atoms with Crippen LogP contribution in [0.1, 0.15) is 27.6 Å². The van der Waals surface area contributed by atoms with Crippen LogP contribution >= 0.6 is 11.3 Å². The Kier molecular flexibility index (Phi) is 7.23. The van der Waals surface area contributed by atoms with E-state index in [1.165, 1.54) is 30.3 Å². The highest BCUT2D eigenvalue weighted by molar-refractivity contribution is 7.92. The van der Waals surface area contributed by atoms with Crippen molar-refractivity contribution < 1.29 is 27.5 Å². The summed E-state index contributed by atoms with van der Waals surface area (Å²) in [6, 6.07) is 15.3. The molecule has 0 radical (unpaired) electrons. The first kappa shape index (κ1) is 23.0. The van der Waals surface area contributed by atoms with Crippen molar-refractivity contribution in [3.8, 4) is 0 Å². The smallest absolute Gasteiger partial charge is 0.414 e. The molecule has 3 N–H and O–H groups in total. The number of amides is 3. The summed E-state index contributed by atoms with van der Waals surface area (Å²) in [5.74, 6) is -1.37. The van der Waals surface area contributed by atoms with Crippen molar-refractivity contribution in [3.63, 3.8) is 0 Å². The summed E-state index contributed by atoms with van der Waals surface area (Å²) in [5, 5.41) is 6.41. The van der Waals surface area contributed by atoms with Crippen molar-refractivity contribution in [2.45, 2.75) is 11.8 Å². The van der Waals surface area contributed by atoms with Crippen LogP contribution in [0.5, 0.6) is 0 Å². The molecule has 3 aromatic rings. The molecule has 0 unspecified atom stereocenters. The van der Waals surface area contributed by atoms with Crippen molar-refractivity contribution in [2.75, 3.05) is 16.6 Å². The van der Waals surface area contributed by atoms with Gasteiger partial charge in [-0.05, 0) is 42.6 Å². The van der Waals surface area contributed by atoms with E-state index in [2.05, 4.69) is 20.1 Å². The van der Waals surface area contributed by atoms with E-state index in [1.807, 2.05) is 0 Å². The molecular formula is C21H19N3O6S2. The first-order valence-corrected chi connectivity index (χ1v) is 11.7. The average molecular weight is 474 g/mol. The van der Waals surface area contributed by atoms with Crippen LogP contribution in [0.15, 0.2) is 70.9 Å². The second-order valence-electron chi connectivity index (χ2n) is 6.26. The molecule has 0 aliphatic heterocycles. The lowest BCUT2D eigenvalue weighted by Crippen LogP contribution is -2.31. The fourth-order valence-corrected chi connectivity index (χ4v) is 4.54. The predicted octanol–water partition coefficient (Wildman–Crippen LogP) is 3.69. The number of nitrogens with one attached hydrogen (secondary N) is 3. The van der Waals surface area contributed by atoms with Crippen LogP contribution in [0.25, 0.3) is 0 Å². The number of benzene rings is 2. The van der Waals surface area contributed by atoms with Crippen molar-refractivity contribution >= 4 is 50.0 Å². The Hall–Kier alpha value is -3.70. The Labute approximate surface area is 188 Å². The lowest BCUT2D eigenvalue weighted by molar-refractivity contribution is 0.0926. The number of thiophene rings is 1. The van der Waals surface area contributed by atoms with Crippen molar-refractivity contribution in [3.05, 3.63) is 77.2 Å². The van der Waals surface area contributed by atoms with Gasteiger partial charge in [0.2, 0.25) is 0 Å². The second kappa shape index (κ2) is 10.1. The number of rotatable bonds is 7. The molecule has 0 aliphatic rings. The molecule has 1 aromatic heterocycles. The van der Waals surface area contributed by atoms with Gasteiger partial charge in [0.15, 0.2) is 0 Å². The summed E-state index contributed by atoms with van der Waals surface area (Å²) < 4.78 is 32.4. The number of hydrogen-bond donors (Lipinski definition) is 3. The minimum Gasteiger partial charge on any atom is -0.450 e. The van der Waals surface area contributed by atoms with Gasteiger partial charge in [0.05, 0.1) is 28.3 Å². The van der Waals surface area contributed by atoms with Gasteiger partial charge in [0.25, 0.3) is 21.8 Å². The highest BCUT2D eigenvalue weighted by Crippen LogP contribution is 2.26. The second-order valence-corrected chi connectivity index (χ2v) is 8.85. The maximum Gasteiger partial charge on any atom is 0.414 e. The van der Waals surface area contributed by atoms with Crippen molar-refractivity contribution in [2.24, 2.45) is 0 Å². The number of alkyl carbamates (subject to hydrolysis) is 1. The molecule has 0 atom stereocenters. The number of anilines is 2. The molecule has 32 heavy (non-hydrogen) atoms. The van der Waals surface area contributed by atoms with E-state index >= 15 is 0 Å². The van der Waals surface area contributed by atoms with Crippen LogP contribution in [-0.2, 0) is 14.8 Å². The quantitative estimate of drug-likeness (QED) is 0.480. The van der Waals surface area contributed by atoms with Gasteiger partial charge in [-0.1, -0.05) is 30.3 Å². The molecule has 3 rings (SSSR count). The molecule has 0 aliphatic carbocycles. The van der Waals surface area contributed by atoms with Gasteiger partial charge in [-0.15, -0.1) is 11.3 Å². The highest BCUT2D eigenvalue weighted by atomic mass is 32.2. The maximum atomic E-state index is 12.9. The molecule has 0 saturated carbocycles.